The smallest absolute Gasteiger partial charge is 0.328 e. The second-order valence-electron chi connectivity index (χ2n) is 11.9. The number of carbonyl (C=O) groups excluding carboxylic acids is 3. The van der Waals surface area contributed by atoms with Crippen molar-refractivity contribution in [3.8, 4) is 11.5 Å². The Balaban J connectivity index is 1.83. The number of benzene rings is 1. The molecule has 0 aromatic heterocycles. The molecular weight excluding hydrogens is 588 g/mol. The van der Waals surface area contributed by atoms with E-state index in [4.69, 9.17) is 9.47 Å². The van der Waals surface area contributed by atoms with E-state index >= 15 is 0 Å². The van der Waals surface area contributed by atoms with Crippen molar-refractivity contribution < 1.29 is 39.2 Å². The fraction of sp³-hybridized carbons (Fsp3) is 0.472. The number of phenols is 2. The zero-order valence-corrected chi connectivity index (χ0v) is 27.2. The number of methoxy groups -OCH3 is 1. The van der Waals surface area contributed by atoms with E-state index in [9.17, 15) is 29.7 Å². The number of allylic oxidation sites excluding steroid dienone is 6. The van der Waals surface area contributed by atoms with Crippen LogP contribution in [0.15, 0.2) is 71.9 Å². The van der Waals surface area contributed by atoms with Crippen LogP contribution in [0.2, 0.25) is 0 Å². The number of aliphatic hydroxyl groups excluding tert-OH is 1. The molecule has 0 saturated carbocycles. The third-order valence-electron chi connectivity index (χ3n) is 8.28. The van der Waals surface area contributed by atoms with Crippen LogP contribution in [0, 0.1) is 5.92 Å². The average Bonchev–Trinajstić information content (AvgIpc) is 3.04. The van der Waals surface area contributed by atoms with Crippen molar-refractivity contribution in [3.05, 3.63) is 77.5 Å². The molecule has 10 nitrogen and oxygen atoms in total. The van der Waals surface area contributed by atoms with Crippen LogP contribution in [0.3, 0.4) is 0 Å². The van der Waals surface area contributed by atoms with Crippen molar-refractivity contribution in [2.45, 2.75) is 96.5 Å². The maximum atomic E-state index is 13.1. The van der Waals surface area contributed by atoms with Crippen LogP contribution in [0.1, 0.15) is 71.3 Å². The highest BCUT2D eigenvalue weighted by Crippen LogP contribution is 2.34. The van der Waals surface area contributed by atoms with Gasteiger partial charge in [0, 0.05) is 31.1 Å². The lowest BCUT2D eigenvalue weighted by Gasteiger charge is -2.29. The molecule has 46 heavy (non-hydrogen) atoms. The van der Waals surface area contributed by atoms with Crippen molar-refractivity contribution in [2.75, 3.05) is 12.4 Å². The summed E-state index contributed by atoms with van der Waals surface area (Å²) in [5.41, 5.74) is 1.86. The summed E-state index contributed by atoms with van der Waals surface area (Å²) in [5.74, 6) is -2.00. The highest BCUT2D eigenvalue weighted by atomic mass is 16.5. The molecule has 1 aliphatic carbocycles. The largest absolute Gasteiger partial charge is 0.508 e. The zero-order chi connectivity index (χ0) is 33.6. The average molecular weight is 637 g/mol. The predicted molar refractivity (Wildman–Crippen MR) is 177 cm³/mol. The lowest BCUT2D eigenvalue weighted by atomic mass is 9.90. The van der Waals surface area contributed by atoms with Gasteiger partial charge >= 0.3 is 5.97 Å². The van der Waals surface area contributed by atoms with E-state index in [1.807, 2.05) is 18.2 Å². The first-order valence-corrected chi connectivity index (χ1v) is 15.9. The molecule has 0 unspecified atom stereocenters. The number of hydrogen-bond acceptors (Lipinski definition) is 8. The molecule has 0 radical (unpaired) electrons. The van der Waals surface area contributed by atoms with Gasteiger partial charge in [-0.15, -0.1) is 0 Å². The summed E-state index contributed by atoms with van der Waals surface area (Å²) in [7, 11) is 1.49. The van der Waals surface area contributed by atoms with Crippen LogP contribution in [0.4, 0.5) is 5.69 Å². The van der Waals surface area contributed by atoms with Gasteiger partial charge in [-0.25, -0.2) is 4.79 Å². The van der Waals surface area contributed by atoms with Crippen LogP contribution in [0.5, 0.6) is 11.5 Å². The van der Waals surface area contributed by atoms with Crippen molar-refractivity contribution in [1.82, 2.24) is 5.32 Å². The molecule has 3 rings (SSSR count). The number of phenolic OH excluding ortho intramolecular Hbond substituents is 2. The third kappa shape index (κ3) is 11.0. The molecule has 5 N–H and O–H groups in total. The Morgan fingerprint density at radius 1 is 1.04 bits per heavy atom. The summed E-state index contributed by atoms with van der Waals surface area (Å²) in [5, 5.41) is 37.7. The minimum absolute atomic E-state index is 0.0116. The number of hydrogen-bond donors (Lipinski definition) is 5. The number of amides is 2. The van der Waals surface area contributed by atoms with Crippen molar-refractivity contribution in [3.63, 3.8) is 0 Å². The molecule has 1 aliphatic heterocycles. The Hall–Kier alpha value is -4.15. The van der Waals surface area contributed by atoms with Crippen LogP contribution in [0.25, 0.3) is 0 Å². The normalized spacial score (nSPS) is 27.3. The second-order valence-corrected chi connectivity index (χ2v) is 11.9. The molecule has 0 fully saturated rings. The highest BCUT2D eigenvalue weighted by Gasteiger charge is 2.30. The van der Waals surface area contributed by atoms with Crippen molar-refractivity contribution in [2.24, 2.45) is 5.92 Å². The van der Waals surface area contributed by atoms with E-state index in [1.165, 1.54) is 19.2 Å². The van der Waals surface area contributed by atoms with Gasteiger partial charge in [0.2, 0.25) is 11.8 Å². The molecular formula is C36H48N2O8. The maximum Gasteiger partial charge on any atom is 0.328 e. The first-order valence-electron chi connectivity index (χ1n) is 15.9. The number of nitrogens with one attached hydrogen (secondary N) is 2. The Morgan fingerprint density at radius 3 is 2.52 bits per heavy atom. The molecule has 250 valence electrons. The topological polar surface area (TPSA) is 154 Å². The number of rotatable bonds is 5. The Kier molecular flexibility index (Phi) is 14.3. The van der Waals surface area contributed by atoms with Crippen LogP contribution in [-0.2, 0) is 30.3 Å². The number of fused-ring (bicyclic) bond motifs is 2. The molecule has 1 heterocycles. The standard InChI is InChI=1S/C36H48N2O8/c1-23-14-13-17-27-20-28(39)21-30(34(27)42)38-32(40)22-29(45-4)18-11-6-5-7-12-19-31(24(2)33(23)41)46-36(44)25(3)37-35(43)26-15-9-8-10-16-26/h5-7,11-12,14-15,18,20-21,24-25,29,31,33,39,41-42H,8-10,13,16-17,19,22H2,1-4H3,(H,37,43)(H,38,40)/b6-5-,12-7-,18-11-,23-14-/t24-,25-,29+,31+,33+/m1/s1. The van der Waals surface area contributed by atoms with Gasteiger partial charge in [-0.2, -0.15) is 0 Å². The molecule has 2 aliphatic rings. The van der Waals surface area contributed by atoms with E-state index < -0.39 is 42.1 Å². The minimum atomic E-state index is -0.949. The maximum absolute atomic E-state index is 13.1. The van der Waals surface area contributed by atoms with E-state index in [2.05, 4.69) is 10.6 Å². The summed E-state index contributed by atoms with van der Waals surface area (Å²) in [6.45, 7) is 5.17. The van der Waals surface area contributed by atoms with Crippen molar-refractivity contribution in [1.29, 1.82) is 0 Å². The SMILES string of the molecule is CO[C@H]1\C=C/C=C\C=C/C[C@H](OC(=O)[C@@H](C)NC(=O)C2=CCCCC2)[C@@H](C)[C@@H](O)/C(C)=C\CCc2cc(O)cc(c2O)NC(=O)C1. The quantitative estimate of drug-likeness (QED) is 0.126. The van der Waals surface area contributed by atoms with Crippen LogP contribution in [-0.4, -0.2) is 64.6 Å². The second kappa shape index (κ2) is 18.1. The molecule has 0 saturated heterocycles. The summed E-state index contributed by atoms with van der Waals surface area (Å²) >= 11 is 0. The van der Waals surface area contributed by atoms with Gasteiger partial charge in [0.05, 0.1) is 24.3 Å². The molecule has 1 aromatic rings. The molecule has 5 atom stereocenters. The third-order valence-corrected chi connectivity index (χ3v) is 8.28. The Bertz CT molecular complexity index is 1380. The van der Waals surface area contributed by atoms with Crippen molar-refractivity contribution >= 4 is 23.5 Å². The lowest BCUT2D eigenvalue weighted by molar-refractivity contribution is -0.156. The number of aliphatic hydroxyl groups is 1. The number of anilines is 1. The number of carbonyl (C=O) groups is 3. The fourth-order valence-electron chi connectivity index (χ4n) is 5.39. The molecule has 10 heteroatoms. The first kappa shape index (κ1) is 36.3. The molecule has 1 aromatic carbocycles. The number of ether oxygens (including phenoxy) is 2. The van der Waals surface area contributed by atoms with Crippen LogP contribution < -0.4 is 10.6 Å². The number of aryl methyl sites for hydroxylation is 1. The van der Waals surface area contributed by atoms with E-state index in [0.29, 0.717) is 42.4 Å². The zero-order valence-electron chi connectivity index (χ0n) is 27.2. The molecule has 0 spiro atoms. The molecule has 2 amide bonds. The summed E-state index contributed by atoms with van der Waals surface area (Å²) < 4.78 is 11.3. The van der Waals surface area contributed by atoms with Gasteiger partial charge in [0.25, 0.3) is 0 Å². The summed E-state index contributed by atoms with van der Waals surface area (Å²) in [4.78, 5) is 38.5. The fourth-order valence-corrected chi connectivity index (χ4v) is 5.39. The van der Waals surface area contributed by atoms with Gasteiger partial charge in [-0.3, -0.25) is 9.59 Å². The van der Waals surface area contributed by atoms with E-state index in [1.54, 1.807) is 51.2 Å². The highest BCUT2D eigenvalue weighted by molar-refractivity contribution is 5.96. The van der Waals surface area contributed by atoms with Gasteiger partial charge in [0.15, 0.2) is 0 Å². The summed E-state index contributed by atoms with van der Waals surface area (Å²) in [6.07, 6.45) is 16.8. The number of aromatic hydroxyl groups is 2. The van der Waals surface area contributed by atoms with Gasteiger partial charge in [-0.05, 0) is 69.6 Å². The lowest BCUT2D eigenvalue weighted by Crippen LogP contribution is -2.43. The van der Waals surface area contributed by atoms with Gasteiger partial charge in [-0.1, -0.05) is 55.5 Å². The Morgan fingerprint density at radius 2 is 1.80 bits per heavy atom. The van der Waals surface area contributed by atoms with Crippen LogP contribution >= 0.6 is 0 Å². The summed E-state index contributed by atoms with van der Waals surface area (Å²) in [6, 6.07) is 1.85. The molecule has 2 bridgehead atoms. The Labute approximate surface area is 271 Å². The first-order chi connectivity index (χ1) is 22.0. The monoisotopic (exact) mass is 636 g/mol. The minimum Gasteiger partial charge on any atom is -0.508 e. The van der Waals surface area contributed by atoms with Gasteiger partial charge in [0.1, 0.15) is 23.6 Å². The number of esters is 1. The van der Waals surface area contributed by atoms with E-state index in [0.717, 1.165) is 19.3 Å². The predicted octanol–water partition coefficient (Wildman–Crippen LogP) is 5.31. The van der Waals surface area contributed by atoms with E-state index in [-0.39, 0.29) is 29.5 Å². The van der Waals surface area contributed by atoms with Gasteiger partial charge < -0.3 is 35.4 Å².